The van der Waals surface area contributed by atoms with Crippen molar-refractivity contribution in [3.8, 4) is 5.75 Å². The Hall–Kier alpha value is -3.20. The maximum atomic E-state index is 12.2. The Morgan fingerprint density at radius 2 is 1.93 bits per heavy atom. The highest BCUT2D eigenvalue weighted by atomic mass is 19.3. The molecule has 1 saturated heterocycles. The summed E-state index contributed by atoms with van der Waals surface area (Å²) in [6.45, 7) is 0.202. The van der Waals surface area contributed by atoms with E-state index in [1.165, 1.54) is 4.90 Å². The Bertz CT molecular complexity index is 830. The molecule has 3 rings (SSSR count). The van der Waals surface area contributed by atoms with E-state index in [1.807, 2.05) is 24.3 Å². The van der Waals surface area contributed by atoms with Gasteiger partial charge in [-0.15, -0.1) is 0 Å². The molecular formula is C19H20F2N4O3. The fourth-order valence-electron chi connectivity index (χ4n) is 2.68. The first kappa shape index (κ1) is 19.6. The lowest BCUT2D eigenvalue weighted by molar-refractivity contribution is -0.120. The van der Waals surface area contributed by atoms with Crippen molar-refractivity contribution < 1.29 is 23.1 Å². The first-order valence-corrected chi connectivity index (χ1v) is 8.71. The van der Waals surface area contributed by atoms with Crippen LogP contribution < -0.4 is 25.8 Å². The topological polar surface area (TPSA) is 82.7 Å². The minimum atomic E-state index is -2.52. The van der Waals surface area contributed by atoms with Gasteiger partial charge in [-0.2, -0.15) is 0 Å². The van der Waals surface area contributed by atoms with Gasteiger partial charge >= 0.3 is 6.03 Å². The van der Waals surface area contributed by atoms with E-state index >= 15 is 0 Å². The molecule has 0 spiro atoms. The van der Waals surface area contributed by atoms with Gasteiger partial charge in [-0.05, 0) is 29.8 Å². The predicted octanol–water partition coefficient (Wildman–Crippen LogP) is 2.89. The van der Waals surface area contributed by atoms with E-state index in [0.29, 0.717) is 30.2 Å². The number of amides is 3. The number of benzene rings is 2. The second-order valence-corrected chi connectivity index (χ2v) is 6.13. The third-order valence-electron chi connectivity index (χ3n) is 4.04. The molecule has 1 aliphatic rings. The van der Waals surface area contributed by atoms with Crippen molar-refractivity contribution in [2.45, 2.75) is 19.4 Å². The SMILES string of the molecule is O=C1CCN(c2ccc(CNNc3cccc(OCC(F)F)c3)cc2)C(=O)N1. The lowest BCUT2D eigenvalue weighted by atomic mass is 10.2. The molecule has 0 atom stereocenters. The Morgan fingerprint density at radius 1 is 1.14 bits per heavy atom. The summed E-state index contributed by atoms with van der Waals surface area (Å²) >= 11 is 0. The number of hydrazine groups is 1. The average molecular weight is 390 g/mol. The summed E-state index contributed by atoms with van der Waals surface area (Å²) in [5.41, 5.74) is 8.37. The highest BCUT2D eigenvalue weighted by Gasteiger charge is 2.23. The number of carbonyl (C=O) groups is 2. The zero-order valence-electron chi connectivity index (χ0n) is 15.0. The number of hydrogen-bond donors (Lipinski definition) is 3. The van der Waals surface area contributed by atoms with E-state index in [1.54, 1.807) is 24.3 Å². The second kappa shape index (κ2) is 9.14. The minimum Gasteiger partial charge on any atom is -0.488 e. The Morgan fingerprint density at radius 3 is 2.64 bits per heavy atom. The van der Waals surface area contributed by atoms with Crippen LogP contribution in [-0.2, 0) is 11.3 Å². The summed E-state index contributed by atoms with van der Waals surface area (Å²) in [6, 6.07) is 13.7. The molecule has 3 amide bonds. The van der Waals surface area contributed by atoms with Gasteiger partial charge in [-0.25, -0.2) is 19.0 Å². The molecule has 7 nitrogen and oxygen atoms in total. The standard InChI is InChI=1S/C19H20F2N4O3/c20-17(21)12-28-16-3-1-2-14(10-16)24-22-11-13-4-6-15(7-5-13)25-9-8-18(26)23-19(25)27/h1-7,10,17,22,24H,8-9,11-12H2,(H,23,26,27). The van der Waals surface area contributed by atoms with Gasteiger partial charge < -0.3 is 10.2 Å². The predicted molar refractivity (Wildman–Crippen MR) is 100 cm³/mol. The highest BCUT2D eigenvalue weighted by molar-refractivity contribution is 6.05. The molecule has 0 unspecified atom stereocenters. The number of nitrogens with one attached hydrogen (secondary N) is 3. The molecule has 1 heterocycles. The minimum absolute atomic E-state index is 0.267. The number of nitrogens with zero attached hydrogens (tertiary/aromatic N) is 1. The first-order valence-electron chi connectivity index (χ1n) is 8.71. The fraction of sp³-hybridized carbons (Fsp3) is 0.263. The van der Waals surface area contributed by atoms with Crippen molar-refractivity contribution in [1.82, 2.24) is 10.7 Å². The van der Waals surface area contributed by atoms with Crippen LogP contribution in [0.1, 0.15) is 12.0 Å². The summed E-state index contributed by atoms with van der Waals surface area (Å²) < 4.78 is 29.4. The van der Waals surface area contributed by atoms with Crippen molar-refractivity contribution in [1.29, 1.82) is 0 Å². The maximum Gasteiger partial charge on any atom is 0.328 e. The molecule has 0 aliphatic carbocycles. The average Bonchev–Trinajstić information content (AvgIpc) is 2.68. The highest BCUT2D eigenvalue weighted by Crippen LogP contribution is 2.19. The number of imide groups is 1. The third kappa shape index (κ3) is 5.40. The lowest BCUT2D eigenvalue weighted by Crippen LogP contribution is -2.49. The van der Waals surface area contributed by atoms with Gasteiger partial charge in [-0.1, -0.05) is 18.2 Å². The molecule has 2 aromatic carbocycles. The number of alkyl halides is 2. The number of hydrogen-bond acceptors (Lipinski definition) is 5. The number of ether oxygens (including phenoxy) is 1. The molecule has 1 aliphatic heterocycles. The molecule has 9 heteroatoms. The van der Waals surface area contributed by atoms with Gasteiger partial charge in [0.05, 0.1) is 5.69 Å². The van der Waals surface area contributed by atoms with Crippen molar-refractivity contribution >= 4 is 23.3 Å². The Balaban J connectivity index is 1.49. The summed E-state index contributed by atoms with van der Waals surface area (Å²) in [7, 11) is 0. The largest absolute Gasteiger partial charge is 0.488 e. The summed E-state index contributed by atoms with van der Waals surface area (Å²) in [5.74, 6) is 0.0894. The molecule has 148 valence electrons. The first-order chi connectivity index (χ1) is 13.5. The van der Waals surface area contributed by atoms with Gasteiger partial charge in [0, 0.05) is 31.3 Å². The quantitative estimate of drug-likeness (QED) is 0.604. The molecule has 0 aromatic heterocycles. The van der Waals surface area contributed by atoms with Gasteiger partial charge in [0.1, 0.15) is 12.4 Å². The maximum absolute atomic E-state index is 12.2. The fourth-order valence-corrected chi connectivity index (χ4v) is 2.68. The van der Waals surface area contributed by atoms with Crippen molar-refractivity contribution in [2.75, 3.05) is 23.5 Å². The normalized spacial score (nSPS) is 14.2. The Labute approximate surface area is 160 Å². The van der Waals surface area contributed by atoms with E-state index < -0.39 is 19.1 Å². The van der Waals surface area contributed by atoms with E-state index in [4.69, 9.17) is 4.74 Å². The van der Waals surface area contributed by atoms with E-state index in [9.17, 15) is 18.4 Å². The third-order valence-corrected chi connectivity index (χ3v) is 4.04. The molecule has 1 fully saturated rings. The molecule has 0 radical (unpaired) electrons. The van der Waals surface area contributed by atoms with Crippen LogP contribution in [0.5, 0.6) is 5.75 Å². The van der Waals surface area contributed by atoms with E-state index in [2.05, 4.69) is 16.2 Å². The smallest absolute Gasteiger partial charge is 0.328 e. The van der Waals surface area contributed by atoms with E-state index in [-0.39, 0.29) is 12.3 Å². The van der Waals surface area contributed by atoms with Crippen LogP contribution in [0.25, 0.3) is 0 Å². The number of anilines is 2. The van der Waals surface area contributed by atoms with Crippen LogP contribution in [0, 0.1) is 0 Å². The zero-order valence-corrected chi connectivity index (χ0v) is 15.0. The van der Waals surface area contributed by atoms with Gasteiger partial charge in [-0.3, -0.25) is 15.0 Å². The van der Waals surface area contributed by atoms with Gasteiger partial charge in [0.2, 0.25) is 5.91 Å². The van der Waals surface area contributed by atoms with Crippen molar-refractivity contribution in [3.05, 3.63) is 54.1 Å². The van der Waals surface area contributed by atoms with Crippen molar-refractivity contribution in [3.63, 3.8) is 0 Å². The van der Waals surface area contributed by atoms with Crippen LogP contribution >= 0.6 is 0 Å². The number of urea groups is 1. The molecular weight excluding hydrogens is 370 g/mol. The second-order valence-electron chi connectivity index (χ2n) is 6.13. The molecule has 0 bridgehead atoms. The van der Waals surface area contributed by atoms with Gasteiger partial charge in [0.15, 0.2) is 0 Å². The molecule has 2 aromatic rings. The molecule has 28 heavy (non-hydrogen) atoms. The van der Waals surface area contributed by atoms with Crippen LogP contribution in [0.15, 0.2) is 48.5 Å². The number of carbonyl (C=O) groups excluding carboxylic acids is 2. The van der Waals surface area contributed by atoms with Crippen LogP contribution in [0.4, 0.5) is 25.0 Å². The van der Waals surface area contributed by atoms with Gasteiger partial charge in [0.25, 0.3) is 6.43 Å². The monoisotopic (exact) mass is 390 g/mol. The van der Waals surface area contributed by atoms with Crippen molar-refractivity contribution in [2.24, 2.45) is 0 Å². The number of halogens is 2. The molecule has 3 N–H and O–H groups in total. The number of rotatable bonds is 8. The van der Waals surface area contributed by atoms with Crippen LogP contribution in [0.2, 0.25) is 0 Å². The van der Waals surface area contributed by atoms with Crippen LogP contribution in [-0.4, -0.2) is 31.5 Å². The lowest BCUT2D eigenvalue weighted by Gasteiger charge is -2.26. The zero-order chi connectivity index (χ0) is 19.9. The summed E-state index contributed by atoms with van der Waals surface area (Å²) in [4.78, 5) is 24.6. The Kier molecular flexibility index (Phi) is 6.38. The van der Waals surface area contributed by atoms with Crippen LogP contribution in [0.3, 0.4) is 0 Å². The van der Waals surface area contributed by atoms with E-state index in [0.717, 1.165) is 5.56 Å². The summed E-state index contributed by atoms with van der Waals surface area (Å²) in [5, 5.41) is 2.29. The molecule has 0 saturated carbocycles. The summed E-state index contributed by atoms with van der Waals surface area (Å²) in [6.07, 6.45) is -2.24.